The van der Waals surface area contributed by atoms with Crippen LogP contribution in [0.1, 0.15) is 19.3 Å². The Hall–Kier alpha value is -1.75. The lowest BCUT2D eigenvalue weighted by molar-refractivity contribution is 0.336. The zero-order valence-electron chi connectivity index (χ0n) is 15.9. The highest BCUT2D eigenvalue weighted by atomic mass is 35.5. The van der Waals surface area contributed by atoms with Crippen LogP contribution in [0.3, 0.4) is 0 Å². The van der Waals surface area contributed by atoms with Crippen LogP contribution in [0.25, 0.3) is 11.1 Å². The first kappa shape index (κ1) is 23.3. The fraction of sp³-hybridized carbons (Fsp3) is 0.381. The quantitative estimate of drug-likeness (QED) is 0.436. The van der Waals surface area contributed by atoms with Crippen molar-refractivity contribution in [1.29, 1.82) is 0 Å². The molecule has 2 aromatic carbocycles. The topological polar surface area (TPSA) is 44.9 Å². The van der Waals surface area contributed by atoms with Crippen molar-refractivity contribution in [2.75, 3.05) is 38.1 Å². The summed E-state index contributed by atoms with van der Waals surface area (Å²) in [5.74, 6) is 0.578. The number of likely N-dealkylation sites (tertiary alicyclic amines) is 1. The molecule has 6 heteroatoms. The highest BCUT2D eigenvalue weighted by molar-refractivity contribution is 5.94. The molecule has 0 atom stereocenters. The van der Waals surface area contributed by atoms with Crippen molar-refractivity contribution < 1.29 is 0 Å². The van der Waals surface area contributed by atoms with E-state index in [4.69, 9.17) is 5.73 Å². The predicted molar refractivity (Wildman–Crippen MR) is 122 cm³/mol. The third-order valence-electron chi connectivity index (χ3n) is 4.81. The van der Waals surface area contributed by atoms with E-state index in [-0.39, 0.29) is 24.8 Å². The second-order valence-corrected chi connectivity index (χ2v) is 6.61. The molecule has 27 heavy (non-hydrogen) atoms. The first-order chi connectivity index (χ1) is 12.2. The van der Waals surface area contributed by atoms with Gasteiger partial charge in [0.2, 0.25) is 0 Å². The van der Waals surface area contributed by atoms with E-state index in [1.54, 1.807) is 0 Å². The van der Waals surface area contributed by atoms with Crippen molar-refractivity contribution in [2.24, 2.45) is 10.7 Å². The average molecular weight is 409 g/mol. The van der Waals surface area contributed by atoms with Crippen LogP contribution >= 0.6 is 24.8 Å². The zero-order valence-corrected chi connectivity index (χ0v) is 17.5. The Bertz CT molecular complexity index is 683. The number of nitrogens with two attached hydrogens (primary N) is 1. The minimum atomic E-state index is 0. The van der Waals surface area contributed by atoms with Gasteiger partial charge in [-0.2, -0.15) is 0 Å². The summed E-state index contributed by atoms with van der Waals surface area (Å²) in [5, 5.41) is 0. The molecular weight excluding hydrogens is 379 g/mol. The molecule has 4 nitrogen and oxygen atoms in total. The molecule has 148 valence electrons. The van der Waals surface area contributed by atoms with Gasteiger partial charge in [0.05, 0.1) is 0 Å². The third kappa shape index (κ3) is 6.73. The van der Waals surface area contributed by atoms with E-state index >= 15 is 0 Å². The monoisotopic (exact) mass is 408 g/mol. The molecule has 0 aromatic heterocycles. The molecule has 0 unspecified atom stereocenters. The highest BCUT2D eigenvalue weighted by Gasteiger charge is 2.10. The summed E-state index contributed by atoms with van der Waals surface area (Å²) in [4.78, 5) is 9.00. The molecule has 0 saturated carbocycles. The molecular formula is C21H30Cl2N4. The summed E-state index contributed by atoms with van der Waals surface area (Å²) in [6, 6.07) is 18.8. The third-order valence-corrected chi connectivity index (χ3v) is 4.81. The number of aliphatic imine (C=N–C) groups is 1. The van der Waals surface area contributed by atoms with E-state index in [0.717, 1.165) is 25.2 Å². The normalized spacial score (nSPS) is 14.3. The molecule has 3 rings (SSSR count). The fourth-order valence-electron chi connectivity index (χ4n) is 3.24. The number of hydrogen-bond acceptors (Lipinski definition) is 2. The molecule has 0 radical (unpaired) electrons. The number of rotatable bonds is 6. The summed E-state index contributed by atoms with van der Waals surface area (Å²) in [6.07, 6.45) is 3.75. The molecule has 2 aromatic rings. The first-order valence-electron chi connectivity index (χ1n) is 9.15. The second-order valence-electron chi connectivity index (χ2n) is 6.61. The Kier molecular flexibility index (Phi) is 10.2. The van der Waals surface area contributed by atoms with Gasteiger partial charge in [-0.3, -0.25) is 4.99 Å². The molecule has 1 fully saturated rings. The standard InChI is InChI=1S/C21H28N4.2ClH/c1-24(21(22)23-14-7-17-25-15-5-6-16-25)20-12-10-19(11-13-20)18-8-3-2-4-9-18;;/h2-4,8-13H,5-7,14-17H2,1H3,(H2,22,23);2*1H. The molecule has 2 N–H and O–H groups in total. The maximum absolute atomic E-state index is 6.15. The van der Waals surface area contributed by atoms with Crippen LogP contribution < -0.4 is 10.6 Å². The minimum Gasteiger partial charge on any atom is -0.370 e. The number of hydrogen-bond donors (Lipinski definition) is 1. The molecule has 0 bridgehead atoms. The van der Waals surface area contributed by atoms with Gasteiger partial charge >= 0.3 is 0 Å². The van der Waals surface area contributed by atoms with E-state index in [1.807, 2.05) is 18.0 Å². The average Bonchev–Trinajstić information content (AvgIpc) is 3.19. The largest absolute Gasteiger partial charge is 0.370 e. The lowest BCUT2D eigenvalue weighted by Crippen LogP contribution is -2.34. The Balaban J connectivity index is 0.00000182. The smallest absolute Gasteiger partial charge is 0.195 e. The number of nitrogens with zero attached hydrogens (tertiary/aromatic N) is 3. The predicted octanol–water partition coefficient (Wildman–Crippen LogP) is 4.43. The van der Waals surface area contributed by atoms with Crippen LogP contribution in [0.5, 0.6) is 0 Å². The van der Waals surface area contributed by atoms with Crippen LogP contribution in [0.15, 0.2) is 59.6 Å². The molecule has 0 amide bonds. The summed E-state index contributed by atoms with van der Waals surface area (Å²) in [7, 11) is 1.97. The van der Waals surface area contributed by atoms with Crippen molar-refractivity contribution >= 4 is 36.5 Å². The Morgan fingerprint density at radius 2 is 1.56 bits per heavy atom. The first-order valence-corrected chi connectivity index (χ1v) is 9.15. The van der Waals surface area contributed by atoms with Crippen molar-refractivity contribution in [2.45, 2.75) is 19.3 Å². The van der Waals surface area contributed by atoms with Crippen molar-refractivity contribution in [3.63, 3.8) is 0 Å². The van der Waals surface area contributed by atoms with Gasteiger partial charge in [0, 0.05) is 19.3 Å². The zero-order chi connectivity index (χ0) is 17.5. The Morgan fingerprint density at radius 3 is 2.19 bits per heavy atom. The van der Waals surface area contributed by atoms with Crippen LogP contribution in [-0.2, 0) is 0 Å². The van der Waals surface area contributed by atoms with Gasteiger partial charge in [-0.15, -0.1) is 24.8 Å². The van der Waals surface area contributed by atoms with Crippen molar-refractivity contribution in [1.82, 2.24) is 4.90 Å². The molecule has 1 saturated heterocycles. The van der Waals surface area contributed by atoms with E-state index in [1.165, 1.54) is 37.1 Å². The van der Waals surface area contributed by atoms with Crippen molar-refractivity contribution in [3.8, 4) is 11.1 Å². The van der Waals surface area contributed by atoms with Gasteiger partial charge in [0.25, 0.3) is 0 Å². The van der Waals surface area contributed by atoms with Gasteiger partial charge in [-0.05, 0) is 62.2 Å². The van der Waals surface area contributed by atoms with Gasteiger partial charge in [0.15, 0.2) is 5.96 Å². The molecule has 0 aliphatic carbocycles. The van der Waals surface area contributed by atoms with Crippen LogP contribution in [-0.4, -0.2) is 44.1 Å². The van der Waals surface area contributed by atoms with Crippen LogP contribution in [0.2, 0.25) is 0 Å². The van der Waals surface area contributed by atoms with Gasteiger partial charge < -0.3 is 15.5 Å². The molecule has 1 aliphatic heterocycles. The summed E-state index contributed by atoms with van der Waals surface area (Å²) >= 11 is 0. The van der Waals surface area contributed by atoms with Gasteiger partial charge in [-0.25, -0.2) is 0 Å². The molecule has 1 aliphatic rings. The van der Waals surface area contributed by atoms with Gasteiger partial charge in [0.1, 0.15) is 0 Å². The number of guanidine groups is 1. The Labute approximate surface area is 175 Å². The molecule has 1 heterocycles. The Morgan fingerprint density at radius 1 is 0.963 bits per heavy atom. The van der Waals surface area contributed by atoms with Gasteiger partial charge in [-0.1, -0.05) is 42.5 Å². The fourth-order valence-corrected chi connectivity index (χ4v) is 3.24. The lowest BCUT2D eigenvalue weighted by Gasteiger charge is -2.19. The maximum Gasteiger partial charge on any atom is 0.195 e. The number of anilines is 1. The van der Waals surface area contributed by atoms with E-state index in [2.05, 4.69) is 58.4 Å². The van der Waals surface area contributed by atoms with Crippen molar-refractivity contribution in [3.05, 3.63) is 54.6 Å². The highest BCUT2D eigenvalue weighted by Crippen LogP contribution is 2.22. The summed E-state index contributed by atoms with van der Waals surface area (Å²) < 4.78 is 0. The summed E-state index contributed by atoms with van der Waals surface area (Å²) in [6.45, 7) is 4.40. The second kappa shape index (κ2) is 11.9. The van der Waals surface area contributed by atoms with E-state index < -0.39 is 0 Å². The number of benzene rings is 2. The maximum atomic E-state index is 6.15. The van der Waals surface area contributed by atoms with Crippen LogP contribution in [0, 0.1) is 0 Å². The SMILES string of the molecule is CN(C(N)=NCCCN1CCCC1)c1ccc(-c2ccccc2)cc1.Cl.Cl. The molecule has 0 spiro atoms. The minimum absolute atomic E-state index is 0. The van der Waals surface area contributed by atoms with Crippen LogP contribution in [0.4, 0.5) is 5.69 Å². The lowest BCUT2D eigenvalue weighted by atomic mass is 10.1. The van der Waals surface area contributed by atoms with E-state index in [9.17, 15) is 0 Å². The number of halogens is 2. The van der Waals surface area contributed by atoms with E-state index in [0.29, 0.717) is 5.96 Å². The summed E-state index contributed by atoms with van der Waals surface area (Å²) in [5.41, 5.74) is 9.64.